The number of likely N-dealkylation sites (tertiary alicyclic amines) is 2. The molecule has 0 radical (unpaired) electrons. The first kappa shape index (κ1) is 19.2. The first-order valence-corrected chi connectivity index (χ1v) is 10.6. The second-order valence-electron chi connectivity index (χ2n) is 8.22. The second-order valence-corrected chi connectivity index (χ2v) is 8.22. The number of rotatable bonds is 3. The highest BCUT2D eigenvalue weighted by Gasteiger charge is 2.34. The van der Waals surface area contributed by atoms with Crippen LogP contribution in [0.5, 0.6) is 0 Å². The van der Waals surface area contributed by atoms with Gasteiger partial charge in [0.05, 0.1) is 5.92 Å². The molecule has 3 aliphatic rings. The molecule has 1 aromatic heterocycles. The van der Waals surface area contributed by atoms with Crippen LogP contribution in [0, 0.1) is 5.92 Å². The normalized spacial score (nSPS) is 23.9. The summed E-state index contributed by atoms with van der Waals surface area (Å²) in [6.45, 7) is 7.38. The molecule has 0 bridgehead atoms. The summed E-state index contributed by atoms with van der Waals surface area (Å²) in [5.41, 5.74) is 1.26. The molecule has 1 atom stereocenters. The topological polar surface area (TPSA) is 60.0 Å². The average molecular weight is 386 g/mol. The van der Waals surface area contributed by atoms with E-state index in [9.17, 15) is 9.59 Å². The van der Waals surface area contributed by atoms with Gasteiger partial charge in [0, 0.05) is 71.3 Å². The first-order chi connectivity index (χ1) is 13.7. The highest BCUT2D eigenvalue weighted by Crippen LogP contribution is 2.22. The van der Waals surface area contributed by atoms with E-state index < -0.39 is 0 Å². The minimum Gasteiger partial charge on any atom is -0.340 e. The van der Waals surface area contributed by atoms with Gasteiger partial charge in [-0.05, 0) is 43.4 Å². The van der Waals surface area contributed by atoms with Gasteiger partial charge in [0.2, 0.25) is 5.91 Å². The molecule has 7 heteroatoms. The van der Waals surface area contributed by atoms with Crippen LogP contribution in [0.15, 0.2) is 24.5 Å². The Morgan fingerprint density at radius 3 is 2.25 bits per heavy atom. The number of aromatic nitrogens is 1. The van der Waals surface area contributed by atoms with Crippen LogP contribution in [0.4, 0.5) is 4.79 Å². The molecule has 28 heavy (non-hydrogen) atoms. The lowest BCUT2D eigenvalue weighted by Crippen LogP contribution is -2.54. The standard InChI is InChI=1S/C21H31N5O2/c27-20(19-4-3-11-26(17-19)21(28)25-9-1-2-10-25)24-14-12-23(13-15-24)16-18-5-7-22-8-6-18/h5-8,19H,1-4,9-17H2/t19-/m1/s1. The molecule has 0 aliphatic carbocycles. The fraction of sp³-hybridized carbons (Fsp3) is 0.667. The summed E-state index contributed by atoms with van der Waals surface area (Å²) in [4.78, 5) is 38.1. The average Bonchev–Trinajstić information content (AvgIpc) is 3.29. The lowest BCUT2D eigenvalue weighted by molar-refractivity contribution is -0.138. The number of carbonyl (C=O) groups excluding carboxylic acids is 2. The van der Waals surface area contributed by atoms with Crippen molar-refractivity contribution in [1.29, 1.82) is 0 Å². The Morgan fingerprint density at radius 1 is 0.857 bits per heavy atom. The quantitative estimate of drug-likeness (QED) is 0.794. The molecule has 7 nitrogen and oxygen atoms in total. The number of hydrogen-bond donors (Lipinski definition) is 0. The van der Waals surface area contributed by atoms with Gasteiger partial charge in [0.25, 0.3) is 0 Å². The summed E-state index contributed by atoms with van der Waals surface area (Å²) in [5.74, 6) is 0.203. The van der Waals surface area contributed by atoms with Crippen molar-refractivity contribution in [2.24, 2.45) is 5.92 Å². The Morgan fingerprint density at radius 2 is 1.54 bits per heavy atom. The van der Waals surface area contributed by atoms with Crippen molar-refractivity contribution in [2.45, 2.75) is 32.2 Å². The van der Waals surface area contributed by atoms with E-state index in [-0.39, 0.29) is 17.9 Å². The van der Waals surface area contributed by atoms with Gasteiger partial charge in [-0.15, -0.1) is 0 Å². The monoisotopic (exact) mass is 385 g/mol. The van der Waals surface area contributed by atoms with Crippen LogP contribution in [0.1, 0.15) is 31.2 Å². The van der Waals surface area contributed by atoms with E-state index in [1.807, 2.05) is 39.2 Å². The molecule has 0 N–H and O–H groups in total. The van der Waals surface area contributed by atoms with E-state index >= 15 is 0 Å². The number of hydrogen-bond acceptors (Lipinski definition) is 4. The van der Waals surface area contributed by atoms with E-state index in [4.69, 9.17) is 0 Å². The fourth-order valence-electron chi connectivity index (χ4n) is 4.59. The molecule has 4 rings (SSSR count). The molecule has 1 aromatic rings. The molecule has 0 aromatic carbocycles. The van der Waals surface area contributed by atoms with Crippen LogP contribution in [0.25, 0.3) is 0 Å². The number of amides is 3. The van der Waals surface area contributed by atoms with Crippen LogP contribution < -0.4 is 0 Å². The number of nitrogens with zero attached hydrogens (tertiary/aromatic N) is 5. The second kappa shape index (κ2) is 8.90. The number of piperazine rings is 1. The highest BCUT2D eigenvalue weighted by atomic mass is 16.2. The summed E-state index contributed by atoms with van der Waals surface area (Å²) < 4.78 is 0. The largest absolute Gasteiger partial charge is 0.340 e. The van der Waals surface area contributed by atoms with Crippen LogP contribution in [0.2, 0.25) is 0 Å². The minimum absolute atomic E-state index is 0.0351. The molecule has 0 saturated carbocycles. The Labute approximate surface area is 167 Å². The minimum atomic E-state index is -0.0351. The van der Waals surface area contributed by atoms with E-state index in [1.54, 1.807) is 0 Å². The van der Waals surface area contributed by atoms with Crippen LogP contribution in [-0.2, 0) is 11.3 Å². The van der Waals surface area contributed by atoms with Gasteiger partial charge in [0.15, 0.2) is 0 Å². The van der Waals surface area contributed by atoms with Gasteiger partial charge in [-0.2, -0.15) is 0 Å². The number of urea groups is 1. The molecule has 3 fully saturated rings. The maximum atomic E-state index is 13.1. The van der Waals surface area contributed by atoms with E-state index in [0.29, 0.717) is 6.54 Å². The third-order valence-corrected chi connectivity index (χ3v) is 6.26. The van der Waals surface area contributed by atoms with Crippen LogP contribution >= 0.6 is 0 Å². The number of pyridine rings is 1. The molecule has 3 saturated heterocycles. The molecule has 4 heterocycles. The summed E-state index contributed by atoms with van der Waals surface area (Å²) in [5, 5.41) is 0. The summed E-state index contributed by atoms with van der Waals surface area (Å²) in [7, 11) is 0. The third-order valence-electron chi connectivity index (χ3n) is 6.26. The molecule has 152 valence electrons. The van der Waals surface area contributed by atoms with Crippen molar-refractivity contribution >= 4 is 11.9 Å². The third kappa shape index (κ3) is 4.46. The van der Waals surface area contributed by atoms with Gasteiger partial charge >= 0.3 is 6.03 Å². The lowest BCUT2D eigenvalue weighted by Gasteiger charge is -2.39. The SMILES string of the molecule is O=C([C@@H]1CCCN(C(=O)N2CCCC2)C1)N1CCN(Cc2ccncc2)CC1. The van der Waals surface area contributed by atoms with Crippen LogP contribution in [-0.4, -0.2) is 88.9 Å². The molecule has 0 spiro atoms. The van der Waals surface area contributed by atoms with Crippen LogP contribution in [0.3, 0.4) is 0 Å². The maximum absolute atomic E-state index is 13.1. The highest BCUT2D eigenvalue weighted by molar-refractivity contribution is 5.81. The zero-order valence-electron chi connectivity index (χ0n) is 16.6. The Bertz CT molecular complexity index is 669. The molecule has 3 amide bonds. The van der Waals surface area contributed by atoms with E-state index in [2.05, 4.69) is 9.88 Å². The number of carbonyl (C=O) groups is 2. The summed E-state index contributed by atoms with van der Waals surface area (Å²) in [6, 6.07) is 4.23. The van der Waals surface area contributed by atoms with Gasteiger partial charge < -0.3 is 14.7 Å². The van der Waals surface area contributed by atoms with Crippen molar-refractivity contribution in [3.05, 3.63) is 30.1 Å². The lowest BCUT2D eigenvalue weighted by atomic mass is 9.96. The zero-order chi connectivity index (χ0) is 19.3. The first-order valence-electron chi connectivity index (χ1n) is 10.6. The van der Waals surface area contributed by atoms with Crippen molar-refractivity contribution in [2.75, 3.05) is 52.4 Å². The van der Waals surface area contributed by atoms with Crippen molar-refractivity contribution in [3.8, 4) is 0 Å². The molecule has 3 aliphatic heterocycles. The maximum Gasteiger partial charge on any atom is 0.320 e. The Balaban J connectivity index is 1.27. The Hall–Kier alpha value is -2.15. The predicted octanol–water partition coefficient (Wildman–Crippen LogP) is 1.65. The predicted molar refractivity (Wildman–Crippen MR) is 107 cm³/mol. The fourth-order valence-corrected chi connectivity index (χ4v) is 4.59. The van der Waals surface area contributed by atoms with Gasteiger partial charge in [0.1, 0.15) is 0 Å². The summed E-state index contributed by atoms with van der Waals surface area (Å²) in [6.07, 6.45) is 7.69. The smallest absolute Gasteiger partial charge is 0.320 e. The van der Waals surface area contributed by atoms with Gasteiger partial charge in [-0.25, -0.2) is 4.79 Å². The molecular formula is C21H31N5O2. The number of piperidine rings is 1. The van der Waals surface area contributed by atoms with Gasteiger partial charge in [-0.1, -0.05) is 0 Å². The molecule has 0 unspecified atom stereocenters. The van der Waals surface area contributed by atoms with E-state index in [1.165, 1.54) is 5.56 Å². The van der Waals surface area contributed by atoms with Crippen molar-refractivity contribution in [3.63, 3.8) is 0 Å². The Kier molecular flexibility index (Phi) is 6.10. The zero-order valence-corrected chi connectivity index (χ0v) is 16.6. The molecular weight excluding hydrogens is 354 g/mol. The van der Waals surface area contributed by atoms with Gasteiger partial charge in [-0.3, -0.25) is 14.7 Å². The van der Waals surface area contributed by atoms with Crippen molar-refractivity contribution in [1.82, 2.24) is 24.6 Å². The summed E-state index contributed by atoms with van der Waals surface area (Å²) >= 11 is 0. The van der Waals surface area contributed by atoms with Crippen molar-refractivity contribution < 1.29 is 9.59 Å². The van der Waals surface area contributed by atoms with E-state index in [0.717, 1.165) is 78.0 Å².